The van der Waals surface area contributed by atoms with Crippen molar-refractivity contribution in [1.29, 1.82) is 0 Å². The minimum Gasteiger partial charge on any atom is -0.348 e. The van der Waals surface area contributed by atoms with E-state index >= 15 is 0 Å². The van der Waals surface area contributed by atoms with E-state index in [2.05, 4.69) is 41.8 Å². The summed E-state index contributed by atoms with van der Waals surface area (Å²) in [5.41, 5.74) is 1.82. The maximum absolute atomic E-state index is 13.1. The Morgan fingerprint density at radius 3 is 2.52 bits per heavy atom. The molecule has 1 saturated heterocycles. The van der Waals surface area contributed by atoms with Crippen molar-refractivity contribution in [3.63, 3.8) is 0 Å². The summed E-state index contributed by atoms with van der Waals surface area (Å²) in [6.45, 7) is 3.16. The Hall–Kier alpha value is -2.14. The number of carbonyl (C=O) groups is 2. The number of nitrogens with zero attached hydrogens (tertiary/aromatic N) is 2. The third kappa shape index (κ3) is 4.24. The van der Waals surface area contributed by atoms with Gasteiger partial charge in [-0.1, -0.05) is 37.3 Å². The van der Waals surface area contributed by atoms with Crippen LogP contribution in [-0.2, 0) is 16.0 Å². The van der Waals surface area contributed by atoms with Gasteiger partial charge in [0.25, 0.3) is 0 Å². The number of hydrogen-bond acceptors (Lipinski definition) is 3. The average molecular weight is 385 g/mol. The minimum absolute atomic E-state index is 0.124. The lowest BCUT2D eigenvalue weighted by Crippen LogP contribution is -2.54. The first-order valence-corrected chi connectivity index (χ1v) is 10.5. The number of carbonyl (C=O) groups excluding carboxylic acids is 2. The van der Waals surface area contributed by atoms with E-state index in [1.165, 1.54) is 10.4 Å². The highest BCUT2D eigenvalue weighted by Crippen LogP contribution is 2.36. The smallest absolute Gasteiger partial charge is 0.230 e. The molecule has 1 aliphatic rings. The summed E-state index contributed by atoms with van der Waals surface area (Å²) in [7, 11) is 3.62. The molecule has 1 fully saturated rings. The van der Waals surface area contributed by atoms with Crippen LogP contribution < -0.4 is 0 Å². The van der Waals surface area contributed by atoms with Crippen molar-refractivity contribution in [3.05, 3.63) is 47.3 Å². The van der Waals surface area contributed by atoms with Gasteiger partial charge >= 0.3 is 0 Å². The molecule has 1 aromatic heterocycles. The fourth-order valence-corrected chi connectivity index (χ4v) is 4.79. The van der Waals surface area contributed by atoms with Gasteiger partial charge in [0.15, 0.2) is 0 Å². The number of benzene rings is 1. The number of piperidine rings is 1. The van der Waals surface area contributed by atoms with Crippen molar-refractivity contribution in [3.8, 4) is 10.4 Å². The van der Waals surface area contributed by atoms with E-state index in [0.29, 0.717) is 19.4 Å². The zero-order valence-electron chi connectivity index (χ0n) is 16.4. The van der Waals surface area contributed by atoms with Crippen molar-refractivity contribution < 1.29 is 9.59 Å². The molecule has 0 saturated carbocycles. The summed E-state index contributed by atoms with van der Waals surface area (Å²) in [6, 6.07) is 12.7. The Balaban J connectivity index is 1.85. The Labute approximate surface area is 165 Å². The number of thiophene rings is 1. The summed E-state index contributed by atoms with van der Waals surface area (Å²) in [5, 5.41) is 2.08. The van der Waals surface area contributed by atoms with Gasteiger partial charge in [0, 0.05) is 38.5 Å². The second kappa shape index (κ2) is 8.26. The Morgan fingerprint density at radius 2 is 1.93 bits per heavy atom. The molecule has 3 rings (SSSR count). The van der Waals surface area contributed by atoms with E-state index in [4.69, 9.17) is 0 Å². The van der Waals surface area contributed by atoms with Crippen LogP contribution in [-0.4, -0.2) is 48.8 Å². The van der Waals surface area contributed by atoms with Gasteiger partial charge in [-0.05, 0) is 41.8 Å². The molecule has 0 N–H and O–H groups in total. The number of amides is 2. The molecule has 0 radical (unpaired) electrons. The molecule has 5 heteroatoms. The third-order valence-electron chi connectivity index (χ3n) is 5.39. The second-order valence-electron chi connectivity index (χ2n) is 7.60. The van der Waals surface area contributed by atoms with Crippen molar-refractivity contribution in [2.24, 2.45) is 5.41 Å². The molecule has 1 atom stereocenters. The van der Waals surface area contributed by atoms with Crippen LogP contribution in [0.1, 0.15) is 31.7 Å². The molecule has 2 amide bonds. The molecule has 144 valence electrons. The summed E-state index contributed by atoms with van der Waals surface area (Å²) < 4.78 is 0. The standard InChI is InChI=1S/C22H28N2O2S/c1-4-20(25)24-13-6-12-22(16-24,21(26)23(2)3)15-17-8-10-18(11-9-17)19-7-5-14-27-19/h5,7-11,14H,4,6,12-13,15-16H2,1-3H3. The summed E-state index contributed by atoms with van der Waals surface area (Å²) in [4.78, 5) is 30.2. The molecule has 27 heavy (non-hydrogen) atoms. The molecule has 0 aliphatic carbocycles. The number of likely N-dealkylation sites (tertiary alicyclic amines) is 1. The lowest BCUT2D eigenvalue weighted by molar-refractivity contribution is -0.147. The predicted octanol–water partition coefficient (Wildman–Crippen LogP) is 4.06. The van der Waals surface area contributed by atoms with E-state index in [1.807, 2.05) is 25.9 Å². The van der Waals surface area contributed by atoms with Gasteiger partial charge in [-0.25, -0.2) is 0 Å². The van der Waals surface area contributed by atoms with E-state index in [1.54, 1.807) is 16.2 Å². The SMILES string of the molecule is CCC(=O)N1CCCC(Cc2ccc(-c3cccs3)cc2)(C(=O)N(C)C)C1. The summed E-state index contributed by atoms with van der Waals surface area (Å²) >= 11 is 1.73. The van der Waals surface area contributed by atoms with Gasteiger partial charge in [-0.3, -0.25) is 9.59 Å². The molecular formula is C22H28N2O2S. The van der Waals surface area contributed by atoms with Gasteiger partial charge in [0.05, 0.1) is 5.41 Å². The molecule has 2 aromatic rings. The van der Waals surface area contributed by atoms with Crippen molar-refractivity contribution in [1.82, 2.24) is 9.80 Å². The van der Waals surface area contributed by atoms with Gasteiger partial charge < -0.3 is 9.80 Å². The normalized spacial score (nSPS) is 19.7. The van der Waals surface area contributed by atoms with Crippen LogP contribution in [0, 0.1) is 5.41 Å². The van der Waals surface area contributed by atoms with Crippen LogP contribution in [0.25, 0.3) is 10.4 Å². The first-order chi connectivity index (χ1) is 12.9. The Morgan fingerprint density at radius 1 is 1.19 bits per heavy atom. The molecule has 1 aliphatic heterocycles. The second-order valence-corrected chi connectivity index (χ2v) is 8.55. The molecule has 2 heterocycles. The predicted molar refractivity (Wildman–Crippen MR) is 111 cm³/mol. The van der Waals surface area contributed by atoms with Gasteiger partial charge in [-0.15, -0.1) is 11.3 Å². The maximum atomic E-state index is 13.1. The minimum atomic E-state index is -0.531. The molecule has 1 aromatic carbocycles. The monoisotopic (exact) mass is 384 g/mol. The number of hydrogen-bond donors (Lipinski definition) is 0. The van der Waals surface area contributed by atoms with Crippen molar-refractivity contribution in [2.45, 2.75) is 32.6 Å². The Bertz CT molecular complexity index is 783. The summed E-state index contributed by atoms with van der Waals surface area (Å²) in [6.07, 6.45) is 2.85. The molecule has 0 bridgehead atoms. The lowest BCUT2D eigenvalue weighted by atomic mass is 9.73. The summed E-state index contributed by atoms with van der Waals surface area (Å²) in [5.74, 6) is 0.261. The van der Waals surface area contributed by atoms with E-state index in [9.17, 15) is 9.59 Å². The zero-order chi connectivity index (χ0) is 19.4. The zero-order valence-corrected chi connectivity index (χ0v) is 17.2. The van der Waals surface area contributed by atoms with E-state index < -0.39 is 5.41 Å². The Kier molecular flexibility index (Phi) is 6.00. The van der Waals surface area contributed by atoms with Crippen LogP contribution in [0.5, 0.6) is 0 Å². The van der Waals surface area contributed by atoms with Crippen LogP contribution in [0.15, 0.2) is 41.8 Å². The first-order valence-electron chi connectivity index (χ1n) is 9.57. The first kappa shape index (κ1) is 19.6. The highest BCUT2D eigenvalue weighted by Gasteiger charge is 2.44. The number of rotatable bonds is 5. The largest absolute Gasteiger partial charge is 0.348 e. The molecular weight excluding hydrogens is 356 g/mol. The topological polar surface area (TPSA) is 40.6 Å². The fourth-order valence-electron chi connectivity index (χ4n) is 4.06. The highest BCUT2D eigenvalue weighted by atomic mass is 32.1. The van der Waals surface area contributed by atoms with Gasteiger partial charge in [0.1, 0.15) is 0 Å². The molecule has 1 unspecified atom stereocenters. The van der Waals surface area contributed by atoms with Crippen LogP contribution in [0.4, 0.5) is 0 Å². The third-order valence-corrected chi connectivity index (χ3v) is 6.31. The molecule has 0 spiro atoms. The quantitative estimate of drug-likeness (QED) is 0.780. The average Bonchev–Trinajstić information content (AvgIpc) is 3.22. The van der Waals surface area contributed by atoms with Crippen LogP contribution in [0.3, 0.4) is 0 Å². The molecule has 4 nitrogen and oxygen atoms in total. The van der Waals surface area contributed by atoms with E-state index in [0.717, 1.165) is 24.9 Å². The van der Waals surface area contributed by atoms with Crippen molar-refractivity contribution in [2.75, 3.05) is 27.2 Å². The van der Waals surface area contributed by atoms with E-state index in [-0.39, 0.29) is 11.8 Å². The van der Waals surface area contributed by atoms with Crippen LogP contribution >= 0.6 is 11.3 Å². The van der Waals surface area contributed by atoms with Crippen molar-refractivity contribution >= 4 is 23.2 Å². The maximum Gasteiger partial charge on any atom is 0.230 e. The van der Waals surface area contributed by atoms with Gasteiger partial charge in [-0.2, -0.15) is 0 Å². The highest BCUT2D eigenvalue weighted by molar-refractivity contribution is 7.13. The van der Waals surface area contributed by atoms with Gasteiger partial charge in [0.2, 0.25) is 11.8 Å². The van der Waals surface area contributed by atoms with Crippen LogP contribution in [0.2, 0.25) is 0 Å². The fraction of sp³-hybridized carbons (Fsp3) is 0.455. The lowest BCUT2D eigenvalue weighted by Gasteiger charge is -2.43.